The van der Waals surface area contributed by atoms with Crippen molar-refractivity contribution >= 4 is 46.6 Å². The molecule has 1 aromatic carbocycles. The quantitative estimate of drug-likeness (QED) is 0.827. The molecule has 1 atom stereocenters. The van der Waals surface area contributed by atoms with Crippen molar-refractivity contribution in [1.82, 2.24) is 4.98 Å². The number of nitrogens with zero attached hydrogens (tertiary/aromatic N) is 1. The second-order valence-corrected chi connectivity index (χ2v) is 6.83. The molecule has 0 spiro atoms. The standard InChI is InChI=1S/C15H12Cl2N2OS/c1-8-6-12(16)18-14(17)13(8)19-15(20)11-7-9-4-2-3-5-10(9)21-11/h2-6,11H,7H2,1H3,(H,19,20). The number of pyridine rings is 1. The zero-order valence-electron chi connectivity index (χ0n) is 11.2. The fraction of sp³-hybridized carbons (Fsp3) is 0.200. The predicted molar refractivity (Wildman–Crippen MR) is 87.4 cm³/mol. The lowest BCUT2D eigenvalue weighted by Gasteiger charge is -2.13. The molecule has 1 amide bonds. The maximum absolute atomic E-state index is 12.4. The van der Waals surface area contributed by atoms with Gasteiger partial charge >= 0.3 is 0 Å². The van der Waals surface area contributed by atoms with E-state index in [1.165, 1.54) is 5.56 Å². The van der Waals surface area contributed by atoms with Gasteiger partial charge in [-0.3, -0.25) is 4.79 Å². The molecular formula is C15H12Cl2N2OS. The van der Waals surface area contributed by atoms with Crippen LogP contribution in [0.5, 0.6) is 0 Å². The lowest BCUT2D eigenvalue weighted by molar-refractivity contribution is -0.115. The Balaban J connectivity index is 1.77. The molecular weight excluding hydrogens is 327 g/mol. The van der Waals surface area contributed by atoms with E-state index >= 15 is 0 Å². The van der Waals surface area contributed by atoms with E-state index in [0.29, 0.717) is 10.8 Å². The number of carbonyl (C=O) groups is 1. The van der Waals surface area contributed by atoms with Gasteiger partial charge in [0.15, 0.2) is 5.15 Å². The summed E-state index contributed by atoms with van der Waals surface area (Å²) in [6.45, 7) is 1.84. The molecule has 1 aliphatic heterocycles. The first-order chi connectivity index (χ1) is 10.0. The number of amides is 1. The van der Waals surface area contributed by atoms with Crippen LogP contribution in [0, 0.1) is 6.92 Å². The Morgan fingerprint density at radius 3 is 2.86 bits per heavy atom. The van der Waals surface area contributed by atoms with Gasteiger partial charge in [-0.15, -0.1) is 11.8 Å². The molecule has 0 aliphatic carbocycles. The Kier molecular flexibility index (Phi) is 4.11. The molecule has 108 valence electrons. The number of halogens is 2. The molecule has 2 heterocycles. The molecule has 0 bridgehead atoms. The highest BCUT2D eigenvalue weighted by atomic mass is 35.5. The topological polar surface area (TPSA) is 42.0 Å². The number of hydrogen-bond donors (Lipinski definition) is 1. The van der Waals surface area contributed by atoms with Crippen molar-refractivity contribution in [3.63, 3.8) is 0 Å². The first-order valence-corrected chi connectivity index (χ1v) is 8.06. The first kappa shape index (κ1) is 14.7. The Bertz CT molecular complexity index is 673. The Morgan fingerprint density at radius 1 is 1.38 bits per heavy atom. The third-order valence-electron chi connectivity index (χ3n) is 3.33. The molecule has 21 heavy (non-hydrogen) atoms. The van der Waals surface area contributed by atoms with Crippen LogP contribution in [-0.4, -0.2) is 16.1 Å². The van der Waals surface area contributed by atoms with Crippen LogP contribution in [0.2, 0.25) is 10.3 Å². The molecule has 0 fully saturated rings. The first-order valence-electron chi connectivity index (χ1n) is 6.42. The number of thioether (sulfide) groups is 1. The molecule has 0 saturated heterocycles. The number of rotatable bonds is 2. The maximum atomic E-state index is 12.4. The number of benzene rings is 1. The van der Waals surface area contributed by atoms with Gasteiger partial charge in [-0.1, -0.05) is 41.4 Å². The van der Waals surface area contributed by atoms with Crippen LogP contribution in [0.25, 0.3) is 0 Å². The zero-order chi connectivity index (χ0) is 15.0. The van der Waals surface area contributed by atoms with Gasteiger partial charge in [-0.2, -0.15) is 0 Å². The fourth-order valence-electron chi connectivity index (χ4n) is 2.28. The van der Waals surface area contributed by atoms with E-state index in [0.717, 1.165) is 16.9 Å². The van der Waals surface area contributed by atoms with E-state index < -0.39 is 0 Å². The molecule has 2 aromatic rings. The lowest BCUT2D eigenvalue weighted by Crippen LogP contribution is -2.25. The van der Waals surface area contributed by atoms with Gasteiger partial charge in [0.2, 0.25) is 5.91 Å². The normalized spacial score (nSPS) is 16.6. The van der Waals surface area contributed by atoms with Crippen LogP contribution in [0.15, 0.2) is 35.2 Å². The molecule has 3 rings (SSSR count). The number of aromatic nitrogens is 1. The Labute approximate surface area is 137 Å². The highest BCUT2D eigenvalue weighted by Crippen LogP contribution is 2.37. The van der Waals surface area contributed by atoms with Crippen molar-refractivity contribution in [1.29, 1.82) is 0 Å². The minimum Gasteiger partial charge on any atom is -0.322 e. The van der Waals surface area contributed by atoms with Crippen LogP contribution < -0.4 is 5.32 Å². The monoisotopic (exact) mass is 338 g/mol. The van der Waals surface area contributed by atoms with Gasteiger partial charge in [0.1, 0.15) is 5.15 Å². The second-order valence-electron chi connectivity index (χ2n) is 4.84. The smallest absolute Gasteiger partial charge is 0.238 e. The minimum absolute atomic E-state index is 0.0645. The van der Waals surface area contributed by atoms with Gasteiger partial charge in [0.05, 0.1) is 10.9 Å². The highest BCUT2D eigenvalue weighted by molar-refractivity contribution is 8.01. The maximum Gasteiger partial charge on any atom is 0.238 e. The molecule has 1 unspecified atom stereocenters. The summed E-state index contributed by atoms with van der Waals surface area (Å²) in [5.41, 5.74) is 2.54. The number of aryl methyl sites for hydroxylation is 1. The molecule has 0 radical (unpaired) electrons. The van der Waals surface area contributed by atoms with E-state index in [2.05, 4.69) is 16.4 Å². The Hall–Kier alpha value is -1.23. The van der Waals surface area contributed by atoms with E-state index in [9.17, 15) is 4.79 Å². The highest BCUT2D eigenvalue weighted by Gasteiger charge is 2.28. The fourth-order valence-corrected chi connectivity index (χ4v) is 4.05. The molecule has 1 N–H and O–H groups in total. The largest absolute Gasteiger partial charge is 0.322 e. The average molecular weight is 339 g/mol. The van der Waals surface area contributed by atoms with E-state index in [4.69, 9.17) is 23.2 Å². The van der Waals surface area contributed by atoms with E-state index in [-0.39, 0.29) is 16.3 Å². The number of anilines is 1. The molecule has 1 aliphatic rings. The predicted octanol–water partition coefficient (Wildman–Crippen LogP) is 4.35. The Morgan fingerprint density at radius 2 is 2.14 bits per heavy atom. The number of nitrogens with one attached hydrogen (secondary N) is 1. The summed E-state index contributed by atoms with van der Waals surface area (Å²) in [7, 11) is 0. The number of carbonyl (C=O) groups excluding carboxylic acids is 1. The van der Waals surface area contributed by atoms with Gasteiger partial charge in [-0.25, -0.2) is 4.98 Å². The second kappa shape index (κ2) is 5.87. The zero-order valence-corrected chi connectivity index (χ0v) is 13.5. The molecule has 1 aromatic heterocycles. The van der Waals surface area contributed by atoms with Gasteiger partial charge in [0, 0.05) is 4.90 Å². The minimum atomic E-state index is -0.145. The third-order valence-corrected chi connectivity index (χ3v) is 5.11. The van der Waals surface area contributed by atoms with Crippen molar-refractivity contribution in [3.05, 3.63) is 51.8 Å². The van der Waals surface area contributed by atoms with Gasteiger partial charge in [0.25, 0.3) is 0 Å². The SMILES string of the molecule is Cc1cc(Cl)nc(Cl)c1NC(=O)C1Cc2ccccc2S1. The van der Waals surface area contributed by atoms with Gasteiger partial charge < -0.3 is 5.32 Å². The summed E-state index contributed by atoms with van der Waals surface area (Å²) in [4.78, 5) is 17.5. The summed E-state index contributed by atoms with van der Waals surface area (Å²) in [5, 5.41) is 3.26. The van der Waals surface area contributed by atoms with Gasteiger partial charge in [-0.05, 0) is 36.6 Å². The third kappa shape index (κ3) is 3.03. The number of hydrogen-bond acceptors (Lipinski definition) is 3. The average Bonchev–Trinajstić information content (AvgIpc) is 2.86. The van der Waals surface area contributed by atoms with Crippen molar-refractivity contribution in [2.45, 2.75) is 23.5 Å². The lowest BCUT2D eigenvalue weighted by atomic mass is 10.1. The van der Waals surface area contributed by atoms with Crippen molar-refractivity contribution in [3.8, 4) is 0 Å². The van der Waals surface area contributed by atoms with Crippen LogP contribution >= 0.6 is 35.0 Å². The van der Waals surface area contributed by atoms with Crippen LogP contribution in [-0.2, 0) is 11.2 Å². The van der Waals surface area contributed by atoms with E-state index in [1.807, 2.05) is 25.1 Å². The summed E-state index contributed by atoms with van der Waals surface area (Å²) >= 11 is 13.5. The molecule has 0 saturated carbocycles. The molecule has 3 nitrogen and oxygen atoms in total. The summed E-state index contributed by atoms with van der Waals surface area (Å²) in [5.74, 6) is -0.0645. The summed E-state index contributed by atoms with van der Waals surface area (Å²) in [6, 6.07) is 9.74. The molecule has 6 heteroatoms. The van der Waals surface area contributed by atoms with Crippen molar-refractivity contribution in [2.75, 3.05) is 5.32 Å². The van der Waals surface area contributed by atoms with Crippen LogP contribution in [0.1, 0.15) is 11.1 Å². The van der Waals surface area contributed by atoms with Crippen LogP contribution in [0.4, 0.5) is 5.69 Å². The van der Waals surface area contributed by atoms with E-state index in [1.54, 1.807) is 17.8 Å². The van der Waals surface area contributed by atoms with Crippen molar-refractivity contribution < 1.29 is 4.79 Å². The summed E-state index contributed by atoms with van der Waals surface area (Å²) < 4.78 is 0. The van der Waals surface area contributed by atoms with Crippen molar-refractivity contribution in [2.24, 2.45) is 0 Å². The summed E-state index contributed by atoms with van der Waals surface area (Å²) in [6.07, 6.45) is 0.727. The van der Waals surface area contributed by atoms with Crippen LogP contribution in [0.3, 0.4) is 0 Å². The number of fused-ring (bicyclic) bond motifs is 1.